The van der Waals surface area contributed by atoms with E-state index in [4.69, 9.17) is 0 Å². The Kier molecular flexibility index (Phi) is 3.74. The minimum absolute atomic E-state index is 0.0451. The van der Waals surface area contributed by atoms with Gasteiger partial charge in [0.25, 0.3) is 5.91 Å². The van der Waals surface area contributed by atoms with Crippen LogP contribution in [0.4, 0.5) is 10.8 Å². The molecule has 3 rings (SSSR count). The molecule has 7 heteroatoms. The quantitative estimate of drug-likeness (QED) is 0.793. The smallest absolute Gasteiger partial charge is 0.267 e. The summed E-state index contributed by atoms with van der Waals surface area (Å²) in [4.78, 5) is 24.3. The molecule has 3 N–H and O–H groups in total. The van der Waals surface area contributed by atoms with Crippen LogP contribution in [0.1, 0.15) is 35.1 Å². The summed E-state index contributed by atoms with van der Waals surface area (Å²) >= 11 is 1.26. The third-order valence-corrected chi connectivity index (χ3v) is 4.28. The van der Waals surface area contributed by atoms with Gasteiger partial charge < -0.3 is 10.6 Å². The molecule has 0 saturated heterocycles. The molecule has 1 aliphatic rings. The van der Waals surface area contributed by atoms with Gasteiger partial charge in [-0.25, -0.2) is 0 Å². The Morgan fingerprint density at radius 2 is 2.19 bits per heavy atom. The van der Waals surface area contributed by atoms with Crippen LogP contribution in [0, 0.1) is 5.92 Å². The van der Waals surface area contributed by atoms with Crippen LogP contribution in [-0.2, 0) is 11.2 Å². The van der Waals surface area contributed by atoms with Crippen molar-refractivity contribution in [1.29, 1.82) is 0 Å². The van der Waals surface area contributed by atoms with Crippen LogP contribution < -0.4 is 10.6 Å². The molecule has 0 atom stereocenters. The second kappa shape index (κ2) is 5.69. The molecule has 2 amide bonds. The first-order valence-electron chi connectivity index (χ1n) is 6.92. The molecule has 1 saturated carbocycles. The van der Waals surface area contributed by atoms with E-state index in [0.29, 0.717) is 15.7 Å². The van der Waals surface area contributed by atoms with Crippen LogP contribution in [0.2, 0.25) is 0 Å². The van der Waals surface area contributed by atoms with E-state index < -0.39 is 0 Å². The standard InChI is InChI=1S/C14H16N4O2S/c1-2-9-7-11(18-17-9)15-14(20)10-5-6-12(21-10)16-13(19)8-3-4-8/h5-8H,2-4H2,1H3,(H,16,19)(H2,15,17,18,20). The SMILES string of the molecule is CCc1cc(NC(=O)c2ccc(NC(=O)C3CC3)s2)n[nH]1. The Labute approximate surface area is 125 Å². The molecule has 2 aromatic heterocycles. The number of nitrogens with zero attached hydrogens (tertiary/aromatic N) is 1. The summed E-state index contributed by atoms with van der Waals surface area (Å²) in [5.74, 6) is 0.486. The summed E-state index contributed by atoms with van der Waals surface area (Å²) in [6.45, 7) is 2.01. The molecule has 0 aliphatic heterocycles. The number of hydrogen-bond donors (Lipinski definition) is 3. The number of nitrogens with one attached hydrogen (secondary N) is 3. The van der Waals surface area contributed by atoms with Crippen LogP contribution >= 0.6 is 11.3 Å². The number of carbonyl (C=O) groups is 2. The highest BCUT2D eigenvalue weighted by atomic mass is 32.1. The van der Waals surface area contributed by atoms with E-state index in [2.05, 4.69) is 20.8 Å². The second-order valence-corrected chi connectivity index (χ2v) is 6.10. The lowest BCUT2D eigenvalue weighted by atomic mass is 10.3. The van der Waals surface area contributed by atoms with Crippen molar-refractivity contribution in [1.82, 2.24) is 10.2 Å². The van der Waals surface area contributed by atoms with Crippen LogP contribution in [0.5, 0.6) is 0 Å². The van der Waals surface area contributed by atoms with Gasteiger partial charge in [0.2, 0.25) is 5.91 Å². The average Bonchev–Trinajstić information content (AvgIpc) is 3.06. The van der Waals surface area contributed by atoms with Gasteiger partial charge in [0.05, 0.1) is 9.88 Å². The number of H-pyrrole nitrogens is 1. The molecule has 0 unspecified atom stereocenters. The van der Waals surface area contributed by atoms with Crippen molar-refractivity contribution in [2.75, 3.05) is 10.6 Å². The van der Waals surface area contributed by atoms with Gasteiger partial charge >= 0.3 is 0 Å². The Bertz CT molecular complexity index is 672. The summed E-state index contributed by atoms with van der Waals surface area (Å²) in [5.41, 5.74) is 0.967. The Balaban J connectivity index is 1.61. The Morgan fingerprint density at radius 3 is 2.86 bits per heavy atom. The first-order chi connectivity index (χ1) is 10.2. The number of aryl methyl sites for hydroxylation is 1. The fourth-order valence-corrected chi connectivity index (χ4v) is 2.69. The first kappa shape index (κ1) is 13.8. The predicted octanol–water partition coefficient (Wildman–Crippen LogP) is 2.63. The van der Waals surface area contributed by atoms with Crippen molar-refractivity contribution < 1.29 is 9.59 Å². The molecular formula is C14H16N4O2S. The molecule has 2 heterocycles. The first-order valence-corrected chi connectivity index (χ1v) is 7.73. The lowest BCUT2D eigenvalue weighted by Gasteiger charge is -2.00. The lowest BCUT2D eigenvalue weighted by molar-refractivity contribution is -0.117. The molecule has 0 radical (unpaired) electrons. The van der Waals surface area contributed by atoms with Gasteiger partial charge in [-0.2, -0.15) is 5.10 Å². The van der Waals surface area contributed by atoms with Crippen molar-refractivity contribution >= 4 is 34.0 Å². The molecule has 0 spiro atoms. The zero-order valence-electron chi connectivity index (χ0n) is 11.6. The monoisotopic (exact) mass is 304 g/mol. The number of rotatable bonds is 5. The van der Waals surface area contributed by atoms with E-state index in [-0.39, 0.29) is 17.7 Å². The predicted molar refractivity (Wildman–Crippen MR) is 81.6 cm³/mol. The lowest BCUT2D eigenvalue weighted by Crippen LogP contribution is -2.12. The summed E-state index contributed by atoms with van der Waals surface area (Å²) < 4.78 is 0. The van der Waals surface area contributed by atoms with Crippen molar-refractivity contribution in [3.8, 4) is 0 Å². The number of aromatic amines is 1. The van der Waals surface area contributed by atoms with Gasteiger partial charge in [0.15, 0.2) is 5.82 Å². The maximum absolute atomic E-state index is 12.1. The number of thiophene rings is 1. The number of aromatic nitrogens is 2. The maximum atomic E-state index is 12.1. The van der Waals surface area contributed by atoms with Crippen LogP contribution in [0.15, 0.2) is 18.2 Å². The maximum Gasteiger partial charge on any atom is 0.267 e. The highest BCUT2D eigenvalue weighted by Gasteiger charge is 2.29. The van der Waals surface area contributed by atoms with E-state index >= 15 is 0 Å². The molecule has 110 valence electrons. The minimum Gasteiger partial charge on any atom is -0.317 e. The van der Waals surface area contributed by atoms with Crippen molar-refractivity contribution in [2.24, 2.45) is 5.92 Å². The van der Waals surface area contributed by atoms with Gasteiger partial charge in [0, 0.05) is 17.7 Å². The third kappa shape index (κ3) is 3.30. The summed E-state index contributed by atoms with van der Waals surface area (Å²) in [7, 11) is 0. The summed E-state index contributed by atoms with van der Waals surface area (Å²) in [5, 5.41) is 13.1. The normalized spacial score (nSPS) is 14.0. The third-order valence-electron chi connectivity index (χ3n) is 3.28. The molecule has 0 bridgehead atoms. The van der Waals surface area contributed by atoms with Crippen molar-refractivity contribution in [2.45, 2.75) is 26.2 Å². The second-order valence-electron chi connectivity index (χ2n) is 5.01. The van der Waals surface area contributed by atoms with E-state index in [1.165, 1.54) is 11.3 Å². The van der Waals surface area contributed by atoms with Crippen LogP contribution in [0.25, 0.3) is 0 Å². The van der Waals surface area contributed by atoms with Gasteiger partial charge in [-0.3, -0.25) is 14.7 Å². The van der Waals surface area contributed by atoms with Crippen LogP contribution in [-0.4, -0.2) is 22.0 Å². The number of carbonyl (C=O) groups excluding carboxylic acids is 2. The zero-order chi connectivity index (χ0) is 14.8. The van der Waals surface area contributed by atoms with E-state index in [1.807, 2.05) is 6.92 Å². The highest BCUT2D eigenvalue weighted by molar-refractivity contribution is 7.18. The minimum atomic E-state index is -0.221. The largest absolute Gasteiger partial charge is 0.317 e. The van der Waals surface area contributed by atoms with Gasteiger partial charge in [-0.05, 0) is 31.4 Å². The van der Waals surface area contributed by atoms with Crippen molar-refractivity contribution in [3.05, 3.63) is 28.8 Å². The average molecular weight is 304 g/mol. The molecule has 0 aromatic carbocycles. The van der Waals surface area contributed by atoms with E-state index in [1.54, 1.807) is 18.2 Å². The van der Waals surface area contributed by atoms with E-state index in [0.717, 1.165) is 25.0 Å². The molecule has 1 aliphatic carbocycles. The summed E-state index contributed by atoms with van der Waals surface area (Å²) in [6.07, 6.45) is 2.76. The van der Waals surface area contributed by atoms with Gasteiger partial charge in [-0.1, -0.05) is 6.92 Å². The molecule has 21 heavy (non-hydrogen) atoms. The highest BCUT2D eigenvalue weighted by Crippen LogP contribution is 2.31. The number of anilines is 2. The topological polar surface area (TPSA) is 86.9 Å². The van der Waals surface area contributed by atoms with E-state index in [9.17, 15) is 9.59 Å². The summed E-state index contributed by atoms with van der Waals surface area (Å²) in [6, 6.07) is 5.26. The fourth-order valence-electron chi connectivity index (χ4n) is 1.88. The zero-order valence-corrected chi connectivity index (χ0v) is 12.4. The Hall–Kier alpha value is -2.15. The van der Waals surface area contributed by atoms with Crippen LogP contribution in [0.3, 0.4) is 0 Å². The number of amides is 2. The molecular weight excluding hydrogens is 288 g/mol. The van der Waals surface area contributed by atoms with Crippen molar-refractivity contribution in [3.63, 3.8) is 0 Å². The molecule has 2 aromatic rings. The fraction of sp³-hybridized carbons (Fsp3) is 0.357. The molecule has 6 nitrogen and oxygen atoms in total. The Morgan fingerprint density at radius 1 is 1.38 bits per heavy atom. The van der Waals surface area contributed by atoms with Gasteiger partial charge in [0.1, 0.15) is 0 Å². The number of hydrogen-bond acceptors (Lipinski definition) is 4. The molecule has 1 fully saturated rings. The van der Waals surface area contributed by atoms with Gasteiger partial charge in [-0.15, -0.1) is 11.3 Å².